The fourth-order valence-corrected chi connectivity index (χ4v) is 4.02. The van der Waals surface area contributed by atoms with E-state index in [1.165, 1.54) is 17.9 Å². The van der Waals surface area contributed by atoms with E-state index in [1.54, 1.807) is 0 Å². The van der Waals surface area contributed by atoms with Gasteiger partial charge in [0.15, 0.2) is 0 Å². The summed E-state index contributed by atoms with van der Waals surface area (Å²) >= 11 is 0. The number of nitrogens with two attached hydrogens (primary N) is 2. The molecule has 4 heteroatoms. The molecular formula is C3H10N2S2. The molecule has 0 radical (unpaired) electrons. The molecule has 7 heavy (non-hydrogen) atoms. The average molecular weight is 138 g/mol. The van der Waals surface area contributed by atoms with Crippen LogP contribution in [0, 0.1) is 0 Å². The zero-order valence-corrected chi connectivity index (χ0v) is 5.73. The Hall–Kier alpha value is 0.620. The molecule has 2 unspecified atom stereocenters. The summed E-state index contributed by atoms with van der Waals surface area (Å²) in [6, 6.07) is 0. The maximum absolute atomic E-state index is 5.59. The van der Waals surface area contributed by atoms with Gasteiger partial charge in [-0.15, -0.1) is 0 Å². The van der Waals surface area contributed by atoms with Crippen LogP contribution in [0.5, 0.6) is 0 Å². The van der Waals surface area contributed by atoms with Crippen LogP contribution in [0.2, 0.25) is 0 Å². The van der Waals surface area contributed by atoms with E-state index in [0.717, 1.165) is 0 Å². The summed E-state index contributed by atoms with van der Waals surface area (Å²) in [5.74, 6) is 2.33. The minimum Gasteiger partial charge on any atom is -0.278 e. The van der Waals surface area contributed by atoms with Crippen LogP contribution in [0.15, 0.2) is 0 Å². The Kier molecular flexibility index (Phi) is 1.86. The molecule has 0 amide bonds. The molecule has 0 saturated heterocycles. The molecule has 0 aromatic heterocycles. The molecule has 2 atom stereocenters. The Balaban J connectivity index is 2.64. The zero-order valence-electron chi connectivity index (χ0n) is 4.09. The average Bonchev–Trinajstić information content (AvgIpc) is 1.91. The first-order valence-electron chi connectivity index (χ1n) is 2.22. The fourth-order valence-electron chi connectivity index (χ4n) is 0.558. The van der Waals surface area contributed by atoms with Gasteiger partial charge >= 0.3 is 0 Å². The quantitative estimate of drug-likeness (QED) is 0.464. The third-order valence-electron chi connectivity index (χ3n) is 0.966. The molecule has 0 aromatic rings. The van der Waals surface area contributed by atoms with Crippen LogP contribution in [-0.4, -0.2) is 11.5 Å². The van der Waals surface area contributed by atoms with Crippen molar-refractivity contribution in [1.29, 1.82) is 0 Å². The Morgan fingerprint density at radius 3 is 1.57 bits per heavy atom. The van der Waals surface area contributed by atoms with Crippen molar-refractivity contribution in [2.75, 3.05) is 11.5 Å². The van der Waals surface area contributed by atoms with Crippen molar-refractivity contribution in [3.8, 4) is 0 Å². The summed E-state index contributed by atoms with van der Waals surface area (Å²) in [4.78, 5) is 0. The van der Waals surface area contributed by atoms with Crippen LogP contribution in [0.4, 0.5) is 0 Å². The van der Waals surface area contributed by atoms with Crippen molar-refractivity contribution in [2.45, 2.75) is 6.42 Å². The molecular weight excluding hydrogens is 128 g/mol. The first-order chi connectivity index (χ1) is 3.30. The molecule has 1 aliphatic heterocycles. The van der Waals surface area contributed by atoms with E-state index >= 15 is 0 Å². The molecule has 0 fully saturated rings. The van der Waals surface area contributed by atoms with Crippen molar-refractivity contribution in [2.24, 2.45) is 10.3 Å². The van der Waals surface area contributed by atoms with E-state index in [-0.39, 0.29) is 19.3 Å². The lowest BCUT2D eigenvalue weighted by atomic mass is 10.6. The smallest absolute Gasteiger partial charge is 0.00847 e. The normalized spacial score (nSPS) is 42.0. The third kappa shape index (κ3) is 1.25. The molecule has 0 saturated carbocycles. The van der Waals surface area contributed by atoms with Gasteiger partial charge in [-0.2, -0.15) is 0 Å². The summed E-state index contributed by atoms with van der Waals surface area (Å²) in [6.45, 7) is 0. The van der Waals surface area contributed by atoms with E-state index in [2.05, 4.69) is 0 Å². The molecule has 0 spiro atoms. The van der Waals surface area contributed by atoms with Crippen LogP contribution in [-0.2, 0) is 19.3 Å². The standard InChI is InChI=1S/C3H10N2S2/c4-6-2-1-3-7(6)5/h1-5H2. The van der Waals surface area contributed by atoms with Crippen LogP contribution in [0.25, 0.3) is 0 Å². The van der Waals surface area contributed by atoms with Gasteiger partial charge < -0.3 is 0 Å². The zero-order chi connectivity index (χ0) is 5.28. The fraction of sp³-hybridized carbons (Fsp3) is 1.00. The lowest BCUT2D eigenvalue weighted by molar-refractivity contribution is 1.13. The van der Waals surface area contributed by atoms with E-state index in [0.29, 0.717) is 0 Å². The van der Waals surface area contributed by atoms with Gasteiger partial charge in [0.2, 0.25) is 0 Å². The Bertz CT molecular complexity index is 97.5. The highest BCUT2D eigenvalue weighted by molar-refractivity contribution is 8.42. The Morgan fingerprint density at radius 1 is 1.00 bits per heavy atom. The molecule has 0 aliphatic carbocycles. The summed E-state index contributed by atoms with van der Waals surface area (Å²) in [6.07, 6.45) is 1.25. The van der Waals surface area contributed by atoms with Gasteiger partial charge in [-0.3, -0.25) is 10.3 Å². The monoisotopic (exact) mass is 138 g/mol. The van der Waals surface area contributed by atoms with Crippen molar-refractivity contribution < 1.29 is 0 Å². The second kappa shape index (κ2) is 2.26. The first-order valence-corrected chi connectivity index (χ1v) is 5.65. The first kappa shape index (κ1) is 5.75. The highest BCUT2D eigenvalue weighted by atomic mass is 32.9. The van der Waals surface area contributed by atoms with Gasteiger partial charge in [0, 0.05) is 11.5 Å². The molecule has 0 bridgehead atoms. The summed E-state index contributed by atoms with van der Waals surface area (Å²) in [7, 11) is 0.176. The van der Waals surface area contributed by atoms with Crippen molar-refractivity contribution >= 4 is 19.3 Å². The van der Waals surface area contributed by atoms with Crippen molar-refractivity contribution in [1.82, 2.24) is 0 Å². The predicted octanol–water partition coefficient (Wildman–Crippen LogP) is -0.711. The second-order valence-electron chi connectivity index (χ2n) is 1.52. The number of hydrogen-bond donors (Lipinski definition) is 2. The van der Waals surface area contributed by atoms with Crippen molar-refractivity contribution in [3.05, 3.63) is 0 Å². The van der Waals surface area contributed by atoms with E-state index in [4.69, 9.17) is 10.3 Å². The van der Waals surface area contributed by atoms with E-state index < -0.39 is 0 Å². The van der Waals surface area contributed by atoms with E-state index in [1.807, 2.05) is 0 Å². The maximum atomic E-state index is 5.59. The number of hydrogen-bond acceptors (Lipinski definition) is 2. The molecule has 44 valence electrons. The topological polar surface area (TPSA) is 52.0 Å². The van der Waals surface area contributed by atoms with Crippen LogP contribution in [0.3, 0.4) is 0 Å². The minimum absolute atomic E-state index is 0.0880. The lowest BCUT2D eigenvalue weighted by Gasteiger charge is -1.92. The SMILES string of the molecule is NS1=S(N)CCC1. The summed E-state index contributed by atoms with van der Waals surface area (Å²) < 4.78 is 0. The minimum atomic E-state index is 0.0880. The Morgan fingerprint density at radius 2 is 1.43 bits per heavy atom. The third-order valence-corrected chi connectivity index (χ3v) is 5.55. The maximum Gasteiger partial charge on any atom is 0.00847 e. The van der Waals surface area contributed by atoms with Crippen LogP contribution >= 0.6 is 0 Å². The Labute approximate surface area is 48.1 Å². The van der Waals surface area contributed by atoms with E-state index in [9.17, 15) is 0 Å². The highest BCUT2D eigenvalue weighted by Crippen LogP contribution is 1.97. The second-order valence-corrected chi connectivity index (χ2v) is 6.43. The molecule has 1 rings (SSSR count). The summed E-state index contributed by atoms with van der Waals surface area (Å²) in [5.41, 5.74) is 0. The number of rotatable bonds is 0. The highest BCUT2D eigenvalue weighted by Gasteiger charge is 2.02. The molecule has 1 aliphatic rings. The van der Waals surface area contributed by atoms with Crippen LogP contribution in [0.1, 0.15) is 6.42 Å². The van der Waals surface area contributed by atoms with Gasteiger partial charge in [0.25, 0.3) is 0 Å². The predicted molar refractivity (Wildman–Crippen MR) is 37.5 cm³/mol. The van der Waals surface area contributed by atoms with Gasteiger partial charge in [0.05, 0.1) is 0 Å². The van der Waals surface area contributed by atoms with Gasteiger partial charge in [-0.1, -0.05) is 19.3 Å². The van der Waals surface area contributed by atoms with Gasteiger partial charge in [-0.25, -0.2) is 0 Å². The van der Waals surface area contributed by atoms with Gasteiger partial charge in [-0.05, 0) is 6.42 Å². The molecule has 0 aromatic carbocycles. The van der Waals surface area contributed by atoms with Crippen molar-refractivity contribution in [3.63, 3.8) is 0 Å². The largest absolute Gasteiger partial charge is 0.278 e. The van der Waals surface area contributed by atoms with Crippen LogP contribution < -0.4 is 10.3 Å². The molecule has 4 N–H and O–H groups in total. The molecule has 1 heterocycles. The van der Waals surface area contributed by atoms with Gasteiger partial charge in [0.1, 0.15) is 0 Å². The lowest BCUT2D eigenvalue weighted by Crippen LogP contribution is -2.13. The summed E-state index contributed by atoms with van der Waals surface area (Å²) in [5, 5.41) is 11.2. The molecule has 2 nitrogen and oxygen atoms in total.